The van der Waals surface area contributed by atoms with Crippen molar-refractivity contribution in [2.45, 2.75) is 76.5 Å². The van der Waals surface area contributed by atoms with Crippen LogP contribution in [-0.2, 0) is 29.0 Å². The smallest absolute Gasteiger partial charge is 0.305 e. The van der Waals surface area contributed by atoms with Gasteiger partial charge in [0.1, 0.15) is 0 Å². The van der Waals surface area contributed by atoms with Gasteiger partial charge >= 0.3 is 5.97 Å². The fourth-order valence-electron chi connectivity index (χ4n) is 3.61. The van der Waals surface area contributed by atoms with E-state index in [4.69, 9.17) is 0 Å². The third-order valence-electron chi connectivity index (χ3n) is 5.23. The Bertz CT molecular complexity index is 634. The molecule has 0 radical (unpaired) electrons. The van der Waals surface area contributed by atoms with Crippen LogP contribution in [0, 0.1) is 5.92 Å². The van der Waals surface area contributed by atoms with Crippen LogP contribution in [0.4, 0.5) is 0 Å². The molecular weight excluding hydrogens is 384 g/mol. The van der Waals surface area contributed by atoms with Crippen LogP contribution in [0.1, 0.15) is 65.2 Å². The lowest BCUT2D eigenvalue weighted by Gasteiger charge is -2.19. The van der Waals surface area contributed by atoms with Gasteiger partial charge in [-0.1, -0.05) is 19.8 Å². The molecule has 3 atom stereocenters. The van der Waals surface area contributed by atoms with Gasteiger partial charge in [-0.2, -0.15) is 0 Å². The SMILES string of the molecule is COC(=O)CCCCCNC(=O)CCCC[C@H]1[C@@H](C)[C@@H](NC(C)=O)CS1(=O)=O. The molecule has 1 heterocycles. The number of unbranched alkanes of at least 4 members (excludes halogenated alkanes) is 3. The molecule has 1 aliphatic heterocycles. The highest BCUT2D eigenvalue weighted by Crippen LogP contribution is 2.31. The van der Waals surface area contributed by atoms with E-state index in [0.29, 0.717) is 38.6 Å². The largest absolute Gasteiger partial charge is 0.469 e. The van der Waals surface area contributed by atoms with Crippen LogP contribution in [-0.4, -0.2) is 56.9 Å². The fraction of sp³-hybridized carbons (Fsp3) is 0.842. The maximum atomic E-state index is 12.3. The number of rotatable bonds is 12. The van der Waals surface area contributed by atoms with E-state index < -0.39 is 15.1 Å². The molecule has 0 aromatic heterocycles. The number of hydrogen-bond donors (Lipinski definition) is 2. The molecule has 0 aromatic carbocycles. The lowest BCUT2D eigenvalue weighted by Crippen LogP contribution is -2.38. The van der Waals surface area contributed by atoms with Gasteiger partial charge < -0.3 is 15.4 Å². The second kappa shape index (κ2) is 12.0. The van der Waals surface area contributed by atoms with Crippen LogP contribution in [0.5, 0.6) is 0 Å². The summed E-state index contributed by atoms with van der Waals surface area (Å²) in [4.78, 5) is 34.0. The maximum absolute atomic E-state index is 12.3. The molecule has 0 aromatic rings. The van der Waals surface area contributed by atoms with Crippen LogP contribution in [0.15, 0.2) is 0 Å². The molecule has 0 spiro atoms. The number of ether oxygens (including phenoxy) is 1. The summed E-state index contributed by atoms with van der Waals surface area (Å²) >= 11 is 0. The van der Waals surface area contributed by atoms with Gasteiger partial charge in [0.25, 0.3) is 0 Å². The number of carbonyl (C=O) groups is 3. The van der Waals surface area contributed by atoms with E-state index in [-0.39, 0.29) is 35.5 Å². The Hall–Kier alpha value is -1.64. The van der Waals surface area contributed by atoms with E-state index in [0.717, 1.165) is 19.3 Å². The summed E-state index contributed by atoms with van der Waals surface area (Å²) in [5, 5.41) is 5.11. The van der Waals surface area contributed by atoms with Crippen molar-refractivity contribution in [3.63, 3.8) is 0 Å². The van der Waals surface area contributed by atoms with Crippen molar-refractivity contribution in [2.75, 3.05) is 19.4 Å². The van der Waals surface area contributed by atoms with Crippen molar-refractivity contribution in [1.82, 2.24) is 10.6 Å². The van der Waals surface area contributed by atoms with Gasteiger partial charge in [0.2, 0.25) is 11.8 Å². The fourth-order valence-corrected chi connectivity index (χ4v) is 6.11. The Morgan fingerprint density at radius 1 is 1.04 bits per heavy atom. The normalized spacial score (nSPS) is 23.2. The molecule has 2 N–H and O–H groups in total. The monoisotopic (exact) mass is 418 g/mol. The topological polar surface area (TPSA) is 119 Å². The number of hydrogen-bond acceptors (Lipinski definition) is 6. The van der Waals surface area contributed by atoms with Crippen molar-refractivity contribution in [1.29, 1.82) is 0 Å². The number of methoxy groups -OCH3 is 1. The zero-order valence-electron chi connectivity index (χ0n) is 17.2. The highest BCUT2D eigenvalue weighted by molar-refractivity contribution is 7.92. The molecule has 0 saturated carbocycles. The van der Waals surface area contributed by atoms with Gasteiger partial charge in [0.05, 0.1) is 18.1 Å². The second-order valence-corrected chi connectivity index (χ2v) is 9.78. The molecule has 1 saturated heterocycles. The van der Waals surface area contributed by atoms with E-state index >= 15 is 0 Å². The minimum absolute atomic E-state index is 0.00508. The van der Waals surface area contributed by atoms with E-state index in [9.17, 15) is 22.8 Å². The summed E-state index contributed by atoms with van der Waals surface area (Å²) in [6.07, 6.45) is 4.99. The summed E-state index contributed by atoms with van der Waals surface area (Å²) < 4.78 is 29.2. The van der Waals surface area contributed by atoms with E-state index in [1.807, 2.05) is 6.92 Å². The standard InChI is InChI=1S/C19H34N2O6S/c1-14-16(21-15(2)22)13-28(25,26)17(14)9-6-7-10-18(23)20-12-8-4-5-11-19(24)27-3/h14,16-17H,4-13H2,1-3H3,(H,20,23)(H,21,22)/t14-,16-,17-/m0/s1. The van der Waals surface area contributed by atoms with Crippen molar-refractivity contribution < 1.29 is 27.5 Å². The van der Waals surface area contributed by atoms with Gasteiger partial charge in [0.15, 0.2) is 9.84 Å². The Balaban J connectivity index is 2.18. The van der Waals surface area contributed by atoms with Crippen LogP contribution in [0.25, 0.3) is 0 Å². The molecule has 0 bridgehead atoms. The molecule has 1 rings (SSSR count). The first-order chi connectivity index (χ1) is 13.2. The van der Waals surface area contributed by atoms with Crippen LogP contribution in [0.3, 0.4) is 0 Å². The molecule has 0 unspecified atom stereocenters. The number of carbonyl (C=O) groups excluding carboxylic acids is 3. The summed E-state index contributed by atoms with van der Waals surface area (Å²) in [5.74, 6) is -0.589. The van der Waals surface area contributed by atoms with Crippen molar-refractivity contribution in [3.05, 3.63) is 0 Å². The Labute approximate surface area is 168 Å². The highest BCUT2D eigenvalue weighted by Gasteiger charge is 2.44. The zero-order chi connectivity index (χ0) is 21.2. The lowest BCUT2D eigenvalue weighted by molar-refractivity contribution is -0.140. The molecule has 8 nitrogen and oxygen atoms in total. The van der Waals surface area contributed by atoms with E-state index in [1.165, 1.54) is 14.0 Å². The number of sulfone groups is 1. The average molecular weight is 419 g/mol. The molecule has 1 fully saturated rings. The van der Waals surface area contributed by atoms with E-state index in [1.54, 1.807) is 0 Å². The predicted molar refractivity (Wildman–Crippen MR) is 106 cm³/mol. The quantitative estimate of drug-likeness (QED) is 0.365. The third kappa shape index (κ3) is 8.58. The average Bonchev–Trinajstić information content (AvgIpc) is 2.82. The van der Waals surface area contributed by atoms with Gasteiger partial charge in [0, 0.05) is 32.4 Å². The van der Waals surface area contributed by atoms with Gasteiger partial charge in [-0.3, -0.25) is 14.4 Å². The molecule has 2 amide bonds. The summed E-state index contributed by atoms with van der Waals surface area (Å²) in [7, 11) is -1.84. The Morgan fingerprint density at radius 2 is 1.71 bits per heavy atom. The molecular formula is C19H34N2O6S. The van der Waals surface area contributed by atoms with Gasteiger partial charge in [-0.25, -0.2) is 8.42 Å². The molecule has 162 valence electrons. The zero-order valence-corrected chi connectivity index (χ0v) is 18.0. The summed E-state index contributed by atoms with van der Waals surface area (Å²) in [6, 6.07) is -0.324. The molecule has 0 aliphatic carbocycles. The molecule has 1 aliphatic rings. The minimum atomic E-state index is -3.21. The summed E-state index contributed by atoms with van der Waals surface area (Å²) in [5.41, 5.74) is 0. The second-order valence-electron chi connectivity index (χ2n) is 7.52. The maximum Gasteiger partial charge on any atom is 0.305 e. The van der Waals surface area contributed by atoms with Gasteiger partial charge in [-0.15, -0.1) is 0 Å². The van der Waals surface area contributed by atoms with Gasteiger partial charge in [-0.05, 0) is 31.6 Å². The van der Waals surface area contributed by atoms with Crippen LogP contribution in [0.2, 0.25) is 0 Å². The number of amides is 2. The minimum Gasteiger partial charge on any atom is -0.469 e. The first-order valence-electron chi connectivity index (χ1n) is 9.99. The van der Waals surface area contributed by atoms with Crippen molar-refractivity contribution in [2.24, 2.45) is 5.92 Å². The molecule has 28 heavy (non-hydrogen) atoms. The van der Waals surface area contributed by atoms with Crippen LogP contribution < -0.4 is 10.6 Å². The molecule has 9 heteroatoms. The number of esters is 1. The third-order valence-corrected chi connectivity index (χ3v) is 7.64. The summed E-state index contributed by atoms with van der Waals surface area (Å²) in [6.45, 7) is 3.83. The van der Waals surface area contributed by atoms with Crippen molar-refractivity contribution in [3.8, 4) is 0 Å². The first kappa shape index (κ1) is 24.4. The first-order valence-corrected chi connectivity index (χ1v) is 11.7. The predicted octanol–water partition coefficient (Wildman–Crippen LogP) is 1.33. The lowest BCUT2D eigenvalue weighted by atomic mass is 9.96. The Morgan fingerprint density at radius 3 is 2.36 bits per heavy atom. The van der Waals surface area contributed by atoms with Crippen LogP contribution >= 0.6 is 0 Å². The number of nitrogens with one attached hydrogen (secondary N) is 2. The highest BCUT2D eigenvalue weighted by atomic mass is 32.2. The van der Waals surface area contributed by atoms with E-state index in [2.05, 4.69) is 15.4 Å². The Kier molecular flexibility index (Phi) is 10.5. The van der Waals surface area contributed by atoms with Crippen molar-refractivity contribution >= 4 is 27.6 Å².